The molecule has 44 heavy (non-hydrogen) atoms. The van der Waals surface area contributed by atoms with Crippen LogP contribution in [0, 0.1) is 0 Å². The Labute approximate surface area is 228 Å². The molecule has 0 rings (SSSR count). The van der Waals surface area contributed by atoms with E-state index in [4.69, 9.17) is 0 Å². The van der Waals surface area contributed by atoms with Gasteiger partial charge in [-0.05, 0) is 0 Å². The molecule has 26 heteroatoms. The van der Waals surface area contributed by atoms with E-state index in [1.807, 2.05) is 0 Å². The Morgan fingerprint density at radius 3 is 0.977 bits per heavy atom. The lowest BCUT2D eigenvalue weighted by Gasteiger charge is -2.45. The molecule has 0 atom stereocenters. The number of alkyl halides is 23. The van der Waals surface area contributed by atoms with Crippen molar-refractivity contribution in [1.82, 2.24) is 0 Å². The van der Waals surface area contributed by atoms with Crippen LogP contribution in [0.4, 0.5) is 101 Å². The number of rotatable bonds is 15. The van der Waals surface area contributed by atoms with E-state index in [2.05, 4.69) is 0 Å². The zero-order valence-corrected chi connectivity index (χ0v) is 20.8. The minimum absolute atomic E-state index is 0.821. The van der Waals surface area contributed by atoms with Gasteiger partial charge in [-0.25, -0.2) is 0 Å². The average molecular weight is 713 g/mol. The highest BCUT2D eigenvalue weighted by Gasteiger charge is 2.98. The highest BCUT2D eigenvalue weighted by molar-refractivity contribution is 5.65. The molecule has 3 nitrogen and oxygen atoms in total. The molecule has 0 aliphatic carbocycles. The topological polar surface area (TPSA) is 40.1 Å². The van der Waals surface area contributed by atoms with Crippen LogP contribution in [0.2, 0.25) is 0 Å². The maximum Gasteiger partial charge on any atom is 0.460 e. The van der Waals surface area contributed by atoms with Gasteiger partial charge in [0.05, 0.1) is 26.6 Å². The summed E-state index contributed by atoms with van der Waals surface area (Å²) in [4.78, 5) is 10.5. The van der Waals surface area contributed by atoms with Crippen LogP contribution in [0.25, 0.3) is 0 Å². The highest BCUT2D eigenvalue weighted by Crippen LogP contribution is 2.67. The van der Waals surface area contributed by atoms with Crippen molar-refractivity contribution in [2.24, 2.45) is 0 Å². The van der Waals surface area contributed by atoms with Crippen molar-refractivity contribution in [3.8, 4) is 0 Å². The van der Waals surface area contributed by atoms with Gasteiger partial charge < -0.3 is 14.4 Å². The third kappa shape index (κ3) is 5.90. The molecule has 0 spiro atoms. The van der Waals surface area contributed by atoms with Crippen LogP contribution in [0.5, 0.6) is 0 Å². The second kappa shape index (κ2) is 11.0. The minimum Gasteiger partial charge on any atom is -0.544 e. The van der Waals surface area contributed by atoms with E-state index in [9.17, 15) is 111 Å². The number of aliphatic carboxylic acids is 1. The quantitative estimate of drug-likeness (QED) is 0.144. The van der Waals surface area contributed by atoms with Gasteiger partial charge in [-0.2, -0.15) is 101 Å². The van der Waals surface area contributed by atoms with Crippen LogP contribution in [-0.2, 0) is 4.79 Å². The second-order valence-corrected chi connectivity index (χ2v) is 9.66. The maximum absolute atomic E-state index is 13.9. The molecule has 0 amide bonds. The largest absolute Gasteiger partial charge is 0.544 e. The van der Waals surface area contributed by atoms with Gasteiger partial charge in [0, 0.05) is 12.8 Å². The summed E-state index contributed by atoms with van der Waals surface area (Å²) in [5.41, 5.74) is 0. The average Bonchev–Trinajstić information content (AvgIpc) is 2.75. The molecular formula is C18H14F23NO2. The first-order chi connectivity index (χ1) is 18.6. The molecule has 0 aromatic heterocycles. The summed E-state index contributed by atoms with van der Waals surface area (Å²) in [5.74, 6) is -89.8. The summed E-state index contributed by atoms with van der Waals surface area (Å²) in [7, 11) is 1.64. The van der Waals surface area contributed by atoms with Gasteiger partial charge in [-0.15, -0.1) is 0 Å². The van der Waals surface area contributed by atoms with Crippen molar-refractivity contribution in [3.05, 3.63) is 0 Å². The van der Waals surface area contributed by atoms with E-state index < -0.39 is 102 Å². The summed E-state index contributed by atoms with van der Waals surface area (Å²) >= 11 is 0. The van der Waals surface area contributed by atoms with Gasteiger partial charge in [-0.1, -0.05) is 0 Å². The maximum atomic E-state index is 13.9. The second-order valence-electron chi connectivity index (χ2n) is 9.66. The molecule has 0 aromatic rings. The molecule has 0 saturated heterocycles. The number of carboxylic acid groups (broad SMARTS) is 1. The first-order valence-corrected chi connectivity index (χ1v) is 10.5. The fraction of sp³-hybridized carbons (Fsp3) is 0.944. The SMILES string of the molecule is C[N+](C)(CCCC(F)(F)C(F)(F)C(F)(F)C(F)(F)C(F)(F)C(F)(F)C(F)(F)C(F)(F)C(F)(F)C(F)(F)C(F)(F)F)CC(=O)[O-]. The van der Waals surface area contributed by atoms with Crippen LogP contribution in [-0.4, -0.2) is 103 Å². The monoisotopic (exact) mass is 713 g/mol. The Morgan fingerprint density at radius 2 is 0.727 bits per heavy atom. The smallest absolute Gasteiger partial charge is 0.460 e. The Balaban J connectivity index is 6.88. The summed E-state index contributed by atoms with van der Waals surface area (Å²) in [6.07, 6.45) is -12.6. The van der Waals surface area contributed by atoms with Crippen LogP contribution < -0.4 is 5.11 Å². The number of carboxylic acids is 1. The molecule has 264 valence electrons. The van der Waals surface area contributed by atoms with Gasteiger partial charge >= 0.3 is 65.4 Å². The Kier molecular flexibility index (Phi) is 10.4. The highest BCUT2D eigenvalue weighted by atomic mass is 19.4. The molecule has 0 radical (unpaired) electrons. The summed E-state index contributed by atoms with van der Waals surface area (Å²) in [6.45, 7) is -2.20. The minimum atomic E-state index is -9.43. The van der Waals surface area contributed by atoms with Gasteiger partial charge in [0.15, 0.2) is 0 Å². The standard InChI is InChI=1S/C18H14F23NO2/c1-42(2,6-7(43)44)5-3-4-8(19,20)9(21,22)10(23,24)11(25,26)12(27,28)13(29,30)14(31,32)15(33,34)16(35,36)17(37,38)18(39,40)41/h3-6H2,1-2H3. The molecule has 0 N–H and O–H groups in total. The number of carbonyl (C=O) groups is 1. The fourth-order valence-electron chi connectivity index (χ4n) is 3.10. The molecule has 0 heterocycles. The molecule has 0 aliphatic heterocycles. The van der Waals surface area contributed by atoms with Crippen molar-refractivity contribution in [2.45, 2.75) is 78.2 Å². The lowest BCUT2D eigenvalue weighted by Crippen LogP contribution is -2.77. The van der Waals surface area contributed by atoms with Crippen LogP contribution in [0.3, 0.4) is 0 Å². The number of hydrogen-bond acceptors (Lipinski definition) is 2. The van der Waals surface area contributed by atoms with Crippen molar-refractivity contribution in [3.63, 3.8) is 0 Å². The van der Waals surface area contributed by atoms with E-state index in [0.29, 0.717) is 0 Å². The lowest BCUT2D eigenvalue weighted by molar-refractivity contribution is -0.885. The van der Waals surface area contributed by atoms with E-state index in [-0.39, 0.29) is 0 Å². The van der Waals surface area contributed by atoms with E-state index in [1.54, 1.807) is 0 Å². The predicted molar refractivity (Wildman–Crippen MR) is 91.6 cm³/mol. The first-order valence-electron chi connectivity index (χ1n) is 10.5. The molecule has 0 saturated carbocycles. The molecule has 0 aliphatic rings. The fourth-order valence-corrected chi connectivity index (χ4v) is 3.10. The van der Waals surface area contributed by atoms with Crippen LogP contribution >= 0.6 is 0 Å². The first kappa shape index (κ1) is 41.8. The Bertz CT molecular complexity index is 1040. The normalized spacial score (nSPS) is 16.4. The zero-order chi connectivity index (χ0) is 36.4. The van der Waals surface area contributed by atoms with Crippen molar-refractivity contribution >= 4 is 5.97 Å². The van der Waals surface area contributed by atoms with E-state index >= 15 is 0 Å². The molecular weight excluding hydrogens is 699 g/mol. The van der Waals surface area contributed by atoms with Crippen LogP contribution in [0.1, 0.15) is 12.8 Å². The third-order valence-electron chi connectivity index (χ3n) is 5.78. The number of halogens is 23. The predicted octanol–water partition coefficient (Wildman–Crippen LogP) is 6.51. The summed E-state index contributed by atoms with van der Waals surface area (Å²) in [6, 6.07) is 0. The zero-order valence-electron chi connectivity index (χ0n) is 20.8. The van der Waals surface area contributed by atoms with Crippen molar-refractivity contribution in [1.29, 1.82) is 0 Å². The van der Waals surface area contributed by atoms with E-state index in [1.165, 1.54) is 0 Å². The lowest BCUT2D eigenvalue weighted by atomic mass is 9.85. The van der Waals surface area contributed by atoms with Gasteiger partial charge in [0.1, 0.15) is 6.54 Å². The summed E-state index contributed by atoms with van der Waals surface area (Å²) < 4.78 is 307. The molecule has 0 bridgehead atoms. The number of quaternary nitrogens is 1. The number of likely N-dealkylation sites (N-methyl/N-ethyl adjacent to an activating group) is 1. The molecule has 0 unspecified atom stereocenters. The van der Waals surface area contributed by atoms with Crippen LogP contribution in [0.15, 0.2) is 0 Å². The Morgan fingerprint density at radius 1 is 0.477 bits per heavy atom. The Hall–Kier alpha value is -2.18. The molecule has 0 aromatic carbocycles. The van der Waals surface area contributed by atoms with Gasteiger partial charge in [-0.3, -0.25) is 0 Å². The van der Waals surface area contributed by atoms with Gasteiger partial charge in [0.25, 0.3) is 0 Å². The number of hydrogen-bond donors (Lipinski definition) is 0. The van der Waals surface area contributed by atoms with Gasteiger partial charge in [0.2, 0.25) is 0 Å². The number of nitrogens with zero attached hydrogens (tertiary/aromatic N) is 1. The third-order valence-corrected chi connectivity index (χ3v) is 5.78. The molecule has 0 fully saturated rings. The van der Waals surface area contributed by atoms with Crippen molar-refractivity contribution in [2.75, 3.05) is 27.2 Å². The summed E-state index contributed by atoms with van der Waals surface area (Å²) in [5, 5.41) is 10.5. The van der Waals surface area contributed by atoms with E-state index in [0.717, 1.165) is 14.1 Å². The number of carbonyl (C=O) groups excluding carboxylic acids is 1. The van der Waals surface area contributed by atoms with Crippen molar-refractivity contribution < 1.29 is 115 Å².